The van der Waals surface area contributed by atoms with Gasteiger partial charge in [-0.05, 0) is 39.5 Å². The normalized spacial score (nSPS) is 20.6. The summed E-state index contributed by atoms with van der Waals surface area (Å²) in [5, 5.41) is 10.0. The highest BCUT2D eigenvalue weighted by atomic mass is 16.5. The number of rotatable bonds is 11. The third kappa shape index (κ3) is 7.75. The fraction of sp³-hybridized carbons (Fsp3) is 0.550. The molecule has 0 saturated heterocycles. The van der Waals surface area contributed by atoms with E-state index in [0.29, 0.717) is 19.8 Å². The molecule has 0 aromatic rings. The highest BCUT2D eigenvalue weighted by molar-refractivity contribution is 5.81. The minimum absolute atomic E-state index is 0.221. The molecule has 0 aromatic heterocycles. The fourth-order valence-electron chi connectivity index (χ4n) is 2.60. The van der Waals surface area contributed by atoms with Crippen molar-refractivity contribution in [1.29, 1.82) is 0 Å². The molecule has 1 N–H and O–H groups in total. The molecule has 4 nitrogen and oxygen atoms in total. The molecule has 4 heteroatoms. The van der Waals surface area contributed by atoms with E-state index in [0.717, 1.165) is 25.7 Å². The number of aliphatic hydroxyl groups is 1. The molecule has 1 aliphatic carbocycles. The topological polar surface area (TPSA) is 55.8 Å². The van der Waals surface area contributed by atoms with Crippen molar-refractivity contribution in [2.45, 2.75) is 45.6 Å². The zero-order valence-electron chi connectivity index (χ0n) is 14.9. The van der Waals surface area contributed by atoms with Gasteiger partial charge in [0.1, 0.15) is 0 Å². The van der Waals surface area contributed by atoms with Gasteiger partial charge in [-0.2, -0.15) is 0 Å². The molecule has 0 aliphatic heterocycles. The van der Waals surface area contributed by atoms with Gasteiger partial charge in [-0.25, -0.2) is 4.79 Å². The Balaban J connectivity index is 2.03. The van der Waals surface area contributed by atoms with E-state index in [2.05, 4.69) is 26.5 Å². The Kier molecular flexibility index (Phi) is 10.0. The Bertz CT molecular complexity index is 488. The van der Waals surface area contributed by atoms with Crippen molar-refractivity contribution in [2.24, 2.45) is 5.92 Å². The van der Waals surface area contributed by atoms with Crippen LogP contribution < -0.4 is 0 Å². The van der Waals surface area contributed by atoms with Crippen LogP contribution in [0.4, 0.5) is 0 Å². The maximum atomic E-state index is 10.8. The summed E-state index contributed by atoms with van der Waals surface area (Å²) in [6, 6.07) is 0. The Morgan fingerprint density at radius 2 is 2.04 bits per heavy atom. The van der Waals surface area contributed by atoms with E-state index in [9.17, 15) is 9.90 Å². The molecule has 134 valence electrons. The van der Waals surface area contributed by atoms with Gasteiger partial charge in [0, 0.05) is 18.6 Å². The molecule has 2 unspecified atom stereocenters. The second kappa shape index (κ2) is 11.8. The average Bonchev–Trinajstić information content (AvgIpc) is 2.58. The number of hydrogen-bond donors (Lipinski definition) is 1. The highest BCUT2D eigenvalue weighted by Gasteiger charge is 2.21. The van der Waals surface area contributed by atoms with Gasteiger partial charge in [0.15, 0.2) is 0 Å². The first-order valence-electron chi connectivity index (χ1n) is 8.61. The van der Waals surface area contributed by atoms with Crippen LogP contribution in [0.25, 0.3) is 0 Å². The van der Waals surface area contributed by atoms with Gasteiger partial charge in [0.25, 0.3) is 0 Å². The van der Waals surface area contributed by atoms with Crippen molar-refractivity contribution < 1.29 is 19.4 Å². The summed E-state index contributed by atoms with van der Waals surface area (Å²) in [4.78, 5) is 10.8. The van der Waals surface area contributed by atoms with Gasteiger partial charge in [0.05, 0.1) is 19.3 Å². The van der Waals surface area contributed by atoms with Crippen LogP contribution in [0, 0.1) is 5.92 Å². The standard InChI is InChI=1S/C20H30O4/c1-4-20(22)24-15-9-8-14-23-13-7-5-6-10-18-17(3)16(2)11-12-19(18)21/h4-5,7,11-12,18-19,21H,1,6,8-10,13-15H2,2-3H3/b7-5-. The number of ether oxygens (including phenoxy) is 2. The Labute approximate surface area is 145 Å². The number of aliphatic hydroxyl groups excluding tert-OH is 1. The number of hydrogen-bond acceptors (Lipinski definition) is 4. The third-order valence-corrected chi connectivity index (χ3v) is 4.25. The van der Waals surface area contributed by atoms with Crippen LogP contribution in [0.5, 0.6) is 0 Å². The lowest BCUT2D eigenvalue weighted by molar-refractivity contribution is -0.137. The lowest BCUT2D eigenvalue weighted by Gasteiger charge is -2.26. The van der Waals surface area contributed by atoms with Crippen LogP contribution in [0.3, 0.4) is 0 Å². The summed E-state index contributed by atoms with van der Waals surface area (Å²) in [5.41, 5.74) is 2.54. The summed E-state index contributed by atoms with van der Waals surface area (Å²) < 4.78 is 10.4. The first-order chi connectivity index (χ1) is 11.6. The van der Waals surface area contributed by atoms with Crippen molar-refractivity contribution in [2.75, 3.05) is 19.8 Å². The number of unbranched alkanes of at least 4 members (excludes halogenated alkanes) is 1. The molecular formula is C20H30O4. The quantitative estimate of drug-likeness (QED) is 0.271. The Morgan fingerprint density at radius 1 is 1.29 bits per heavy atom. The van der Waals surface area contributed by atoms with Gasteiger partial charge in [-0.1, -0.05) is 42.0 Å². The predicted octanol–water partition coefficient (Wildman–Crippen LogP) is 3.73. The zero-order chi connectivity index (χ0) is 17.8. The fourth-order valence-corrected chi connectivity index (χ4v) is 2.60. The molecule has 0 fully saturated rings. The summed E-state index contributed by atoms with van der Waals surface area (Å²) in [6.45, 7) is 9.19. The molecule has 0 aromatic carbocycles. The molecule has 2 atom stereocenters. The van der Waals surface area contributed by atoms with E-state index < -0.39 is 0 Å². The molecule has 0 radical (unpaired) electrons. The van der Waals surface area contributed by atoms with E-state index in [1.165, 1.54) is 17.2 Å². The largest absolute Gasteiger partial charge is 0.463 e. The zero-order valence-corrected chi connectivity index (χ0v) is 14.9. The number of esters is 1. The summed E-state index contributed by atoms with van der Waals surface area (Å²) in [5.74, 6) is -0.156. The van der Waals surface area contributed by atoms with Crippen LogP contribution in [-0.4, -0.2) is 37.0 Å². The minimum atomic E-state index is -0.377. The molecule has 0 saturated carbocycles. The summed E-state index contributed by atoms with van der Waals surface area (Å²) in [6.07, 6.45) is 12.3. The maximum Gasteiger partial charge on any atom is 0.330 e. The van der Waals surface area contributed by atoms with Crippen molar-refractivity contribution in [1.82, 2.24) is 0 Å². The van der Waals surface area contributed by atoms with Crippen molar-refractivity contribution in [3.05, 3.63) is 48.1 Å². The first-order valence-corrected chi connectivity index (χ1v) is 8.61. The summed E-state index contributed by atoms with van der Waals surface area (Å²) >= 11 is 0. The van der Waals surface area contributed by atoms with Crippen LogP contribution >= 0.6 is 0 Å². The molecular weight excluding hydrogens is 304 g/mol. The van der Waals surface area contributed by atoms with Crippen molar-refractivity contribution >= 4 is 5.97 Å². The number of allylic oxidation sites excluding steroid dienone is 3. The van der Waals surface area contributed by atoms with Crippen LogP contribution in [0.1, 0.15) is 39.5 Å². The van der Waals surface area contributed by atoms with Crippen LogP contribution in [0.15, 0.2) is 48.1 Å². The lowest BCUT2D eigenvalue weighted by Crippen LogP contribution is -2.22. The first kappa shape index (κ1) is 20.4. The minimum Gasteiger partial charge on any atom is -0.463 e. The molecule has 0 heterocycles. The van der Waals surface area contributed by atoms with Gasteiger partial charge < -0.3 is 14.6 Å². The molecule has 0 amide bonds. The molecule has 0 bridgehead atoms. The SMILES string of the molecule is C=CC(=O)OCCCCOC/C=C\CCC1C(C)=C(C)C=CC1O. The van der Waals surface area contributed by atoms with Crippen molar-refractivity contribution in [3.63, 3.8) is 0 Å². The third-order valence-electron chi connectivity index (χ3n) is 4.25. The highest BCUT2D eigenvalue weighted by Crippen LogP contribution is 2.28. The van der Waals surface area contributed by atoms with Crippen LogP contribution in [0.2, 0.25) is 0 Å². The Hall–Kier alpha value is -1.65. The number of carbonyl (C=O) groups is 1. The monoisotopic (exact) mass is 334 g/mol. The molecule has 24 heavy (non-hydrogen) atoms. The van der Waals surface area contributed by atoms with Crippen LogP contribution in [-0.2, 0) is 14.3 Å². The Morgan fingerprint density at radius 3 is 2.79 bits per heavy atom. The molecule has 0 spiro atoms. The van der Waals surface area contributed by atoms with E-state index in [1.54, 1.807) is 0 Å². The lowest BCUT2D eigenvalue weighted by atomic mass is 9.83. The maximum absolute atomic E-state index is 10.8. The predicted molar refractivity (Wildman–Crippen MR) is 96.6 cm³/mol. The molecule has 1 aliphatic rings. The van der Waals surface area contributed by atoms with Gasteiger partial charge in [-0.15, -0.1) is 0 Å². The molecule has 1 rings (SSSR count). The van der Waals surface area contributed by atoms with Gasteiger partial charge >= 0.3 is 5.97 Å². The van der Waals surface area contributed by atoms with Gasteiger partial charge in [-0.3, -0.25) is 0 Å². The van der Waals surface area contributed by atoms with Gasteiger partial charge in [0.2, 0.25) is 0 Å². The van der Waals surface area contributed by atoms with Crippen molar-refractivity contribution in [3.8, 4) is 0 Å². The van der Waals surface area contributed by atoms with E-state index in [4.69, 9.17) is 9.47 Å². The average molecular weight is 334 g/mol. The van der Waals surface area contributed by atoms with E-state index in [-0.39, 0.29) is 18.0 Å². The number of carbonyl (C=O) groups excluding carboxylic acids is 1. The summed E-state index contributed by atoms with van der Waals surface area (Å²) in [7, 11) is 0. The smallest absolute Gasteiger partial charge is 0.330 e. The second-order valence-electron chi connectivity index (χ2n) is 6.02. The van der Waals surface area contributed by atoms with E-state index >= 15 is 0 Å². The second-order valence-corrected chi connectivity index (χ2v) is 6.02. The van der Waals surface area contributed by atoms with E-state index in [1.807, 2.05) is 18.2 Å².